The Labute approximate surface area is 214 Å². The van der Waals surface area contributed by atoms with E-state index in [1.54, 1.807) is 5.38 Å². The number of rotatable bonds is 7. The van der Waals surface area contributed by atoms with Gasteiger partial charge in [-0.05, 0) is 54.8 Å². The van der Waals surface area contributed by atoms with Crippen LogP contribution in [0.1, 0.15) is 57.1 Å². The molecule has 4 aromatic rings. The summed E-state index contributed by atoms with van der Waals surface area (Å²) in [4.78, 5) is 30.5. The average molecular weight is 500 g/mol. The maximum absolute atomic E-state index is 13.0. The van der Waals surface area contributed by atoms with E-state index in [1.807, 2.05) is 73.7 Å². The molecule has 184 valence electrons. The van der Waals surface area contributed by atoms with Gasteiger partial charge in [0.2, 0.25) is 0 Å². The molecule has 0 bridgehead atoms. The quantitative estimate of drug-likeness (QED) is 0.344. The number of thiazole rings is 1. The van der Waals surface area contributed by atoms with Gasteiger partial charge in [0, 0.05) is 23.0 Å². The van der Waals surface area contributed by atoms with Crippen LogP contribution >= 0.6 is 11.3 Å². The molecule has 6 nitrogen and oxygen atoms in total. The third kappa shape index (κ3) is 5.74. The molecule has 0 unspecified atom stereocenters. The van der Waals surface area contributed by atoms with Crippen molar-refractivity contribution in [1.82, 2.24) is 15.6 Å². The highest BCUT2D eigenvalue weighted by atomic mass is 32.1. The number of amides is 2. The van der Waals surface area contributed by atoms with Crippen molar-refractivity contribution in [2.45, 2.75) is 51.3 Å². The Bertz CT molecular complexity index is 1370. The Kier molecular flexibility index (Phi) is 7.28. The van der Waals surface area contributed by atoms with Gasteiger partial charge in [-0.3, -0.25) is 9.59 Å². The van der Waals surface area contributed by atoms with E-state index < -0.39 is 0 Å². The van der Waals surface area contributed by atoms with Gasteiger partial charge < -0.3 is 15.4 Å². The van der Waals surface area contributed by atoms with Gasteiger partial charge in [0.15, 0.2) is 0 Å². The van der Waals surface area contributed by atoms with Crippen LogP contribution in [0.4, 0.5) is 0 Å². The second kappa shape index (κ2) is 10.9. The monoisotopic (exact) mass is 499 g/mol. The Hall–Kier alpha value is -3.71. The van der Waals surface area contributed by atoms with Crippen LogP contribution in [0.15, 0.2) is 72.1 Å². The second-order valence-electron chi connectivity index (χ2n) is 9.23. The molecule has 36 heavy (non-hydrogen) atoms. The smallest absolute Gasteiger partial charge is 0.271 e. The van der Waals surface area contributed by atoms with E-state index in [-0.39, 0.29) is 23.9 Å². The zero-order chi connectivity index (χ0) is 24.9. The topological polar surface area (TPSA) is 80.3 Å². The minimum atomic E-state index is -0.218. The second-order valence-corrected chi connectivity index (χ2v) is 10.2. The molecule has 0 spiro atoms. The Morgan fingerprint density at radius 1 is 0.917 bits per heavy atom. The predicted octanol–water partition coefficient (Wildman–Crippen LogP) is 5.65. The summed E-state index contributed by atoms with van der Waals surface area (Å²) >= 11 is 1.41. The maximum atomic E-state index is 13.0. The molecule has 2 amide bonds. The van der Waals surface area contributed by atoms with Crippen molar-refractivity contribution >= 4 is 33.9 Å². The molecule has 7 heteroatoms. The first-order chi connectivity index (χ1) is 17.5. The van der Waals surface area contributed by atoms with E-state index >= 15 is 0 Å². The van der Waals surface area contributed by atoms with Gasteiger partial charge in [-0.1, -0.05) is 60.9 Å². The molecular formula is C29H29N3O3S. The molecule has 0 radical (unpaired) electrons. The van der Waals surface area contributed by atoms with Crippen LogP contribution in [0.25, 0.3) is 10.8 Å². The first-order valence-electron chi connectivity index (χ1n) is 12.3. The Balaban J connectivity index is 1.19. The molecule has 0 saturated heterocycles. The Morgan fingerprint density at radius 2 is 1.61 bits per heavy atom. The summed E-state index contributed by atoms with van der Waals surface area (Å²) in [5.74, 6) is 0.440. The zero-order valence-corrected chi connectivity index (χ0v) is 21.0. The van der Waals surface area contributed by atoms with E-state index in [4.69, 9.17) is 4.74 Å². The summed E-state index contributed by atoms with van der Waals surface area (Å²) in [5, 5.41) is 10.9. The van der Waals surface area contributed by atoms with Crippen molar-refractivity contribution in [3.05, 3.63) is 93.9 Å². The summed E-state index contributed by atoms with van der Waals surface area (Å²) in [6.45, 7) is 2.34. The molecule has 1 aliphatic carbocycles. The van der Waals surface area contributed by atoms with Crippen molar-refractivity contribution in [2.75, 3.05) is 0 Å². The third-order valence-corrected chi connectivity index (χ3v) is 7.40. The standard InChI is InChI=1S/C29H29N3O3S/c1-19-10-14-23(15-11-19)35-17-27-30-26(18-36-27)29(34)32-25-9-5-4-8-24(25)31-28(33)22-13-12-20-6-2-3-7-21(20)16-22/h2-3,6-7,10-16,18,24-25H,4-5,8-9,17H2,1H3,(H,31,33)(H,32,34)/t24-,25+/m1/s1. The lowest BCUT2D eigenvalue weighted by Gasteiger charge is -2.32. The van der Waals surface area contributed by atoms with Gasteiger partial charge in [0.1, 0.15) is 23.1 Å². The van der Waals surface area contributed by atoms with Gasteiger partial charge in [0.25, 0.3) is 11.8 Å². The maximum Gasteiger partial charge on any atom is 0.271 e. The lowest BCUT2D eigenvalue weighted by molar-refractivity contribution is 0.0860. The largest absolute Gasteiger partial charge is 0.486 e. The third-order valence-electron chi connectivity index (χ3n) is 6.58. The Morgan fingerprint density at radius 3 is 2.36 bits per heavy atom. The number of carbonyl (C=O) groups is 2. The minimum absolute atomic E-state index is 0.115. The van der Waals surface area contributed by atoms with Gasteiger partial charge in [-0.25, -0.2) is 4.98 Å². The van der Waals surface area contributed by atoms with E-state index in [0.29, 0.717) is 17.9 Å². The molecule has 2 atom stereocenters. The average Bonchev–Trinajstić information content (AvgIpc) is 3.38. The molecule has 1 aromatic heterocycles. The van der Waals surface area contributed by atoms with Crippen molar-refractivity contribution in [3.63, 3.8) is 0 Å². The predicted molar refractivity (Wildman–Crippen MR) is 143 cm³/mol. The normalized spacial score (nSPS) is 17.5. The van der Waals surface area contributed by atoms with E-state index in [2.05, 4.69) is 15.6 Å². The van der Waals surface area contributed by atoms with Crippen molar-refractivity contribution in [3.8, 4) is 5.75 Å². The van der Waals surface area contributed by atoms with Crippen molar-refractivity contribution < 1.29 is 14.3 Å². The SMILES string of the molecule is Cc1ccc(OCc2nc(C(=O)N[C@H]3CCCC[C@H]3NC(=O)c3ccc4ccccc4c3)cs2)cc1. The first-order valence-corrected chi connectivity index (χ1v) is 13.2. The summed E-state index contributed by atoms with van der Waals surface area (Å²) in [6.07, 6.45) is 3.69. The molecule has 1 aliphatic rings. The van der Waals surface area contributed by atoms with Crippen LogP contribution < -0.4 is 15.4 Å². The highest BCUT2D eigenvalue weighted by Crippen LogP contribution is 2.22. The number of carbonyl (C=O) groups excluding carboxylic acids is 2. The number of aromatic nitrogens is 1. The number of aryl methyl sites for hydroxylation is 1. The van der Waals surface area contributed by atoms with Crippen LogP contribution in [0.2, 0.25) is 0 Å². The lowest BCUT2D eigenvalue weighted by Crippen LogP contribution is -2.53. The lowest BCUT2D eigenvalue weighted by atomic mass is 9.90. The summed E-state index contributed by atoms with van der Waals surface area (Å²) in [6, 6.07) is 21.3. The van der Waals surface area contributed by atoms with Crippen LogP contribution in [0.5, 0.6) is 5.75 Å². The highest BCUT2D eigenvalue weighted by Gasteiger charge is 2.29. The number of nitrogens with zero attached hydrogens (tertiary/aromatic N) is 1. The number of hydrogen-bond acceptors (Lipinski definition) is 5. The zero-order valence-electron chi connectivity index (χ0n) is 20.2. The summed E-state index contributed by atoms with van der Waals surface area (Å²) in [5.41, 5.74) is 2.18. The van der Waals surface area contributed by atoms with Gasteiger partial charge in [-0.15, -0.1) is 11.3 Å². The van der Waals surface area contributed by atoms with Gasteiger partial charge in [-0.2, -0.15) is 0 Å². The fraction of sp³-hybridized carbons (Fsp3) is 0.276. The van der Waals surface area contributed by atoms with E-state index in [0.717, 1.165) is 47.2 Å². The minimum Gasteiger partial charge on any atom is -0.486 e. The molecule has 1 saturated carbocycles. The molecule has 1 fully saturated rings. The fourth-order valence-electron chi connectivity index (χ4n) is 4.56. The fourth-order valence-corrected chi connectivity index (χ4v) is 5.25. The molecule has 2 N–H and O–H groups in total. The van der Waals surface area contributed by atoms with Crippen LogP contribution in [0, 0.1) is 6.92 Å². The first kappa shape index (κ1) is 24.0. The summed E-state index contributed by atoms with van der Waals surface area (Å²) < 4.78 is 5.79. The van der Waals surface area contributed by atoms with Gasteiger partial charge in [0.05, 0.1) is 0 Å². The highest BCUT2D eigenvalue weighted by molar-refractivity contribution is 7.09. The molecule has 3 aromatic carbocycles. The molecule has 0 aliphatic heterocycles. The van der Waals surface area contributed by atoms with Crippen LogP contribution in [-0.4, -0.2) is 28.9 Å². The molecule has 5 rings (SSSR count). The van der Waals surface area contributed by atoms with Crippen molar-refractivity contribution in [1.29, 1.82) is 0 Å². The number of ether oxygens (including phenoxy) is 1. The molecule has 1 heterocycles. The van der Waals surface area contributed by atoms with E-state index in [1.165, 1.54) is 16.9 Å². The number of nitrogens with one attached hydrogen (secondary N) is 2. The van der Waals surface area contributed by atoms with Crippen LogP contribution in [-0.2, 0) is 6.61 Å². The number of hydrogen-bond donors (Lipinski definition) is 2. The van der Waals surface area contributed by atoms with Crippen molar-refractivity contribution in [2.24, 2.45) is 0 Å². The molecular weight excluding hydrogens is 470 g/mol. The van der Waals surface area contributed by atoms with Gasteiger partial charge >= 0.3 is 0 Å². The van der Waals surface area contributed by atoms with E-state index in [9.17, 15) is 9.59 Å². The number of fused-ring (bicyclic) bond motifs is 1. The van der Waals surface area contributed by atoms with Crippen LogP contribution in [0.3, 0.4) is 0 Å². The summed E-state index contributed by atoms with van der Waals surface area (Å²) in [7, 11) is 0. The number of benzene rings is 3.